The van der Waals surface area contributed by atoms with E-state index < -0.39 is 22.0 Å². The van der Waals surface area contributed by atoms with E-state index in [4.69, 9.17) is 5.11 Å². The molecule has 16 heavy (non-hydrogen) atoms. The van der Waals surface area contributed by atoms with Crippen LogP contribution in [0.3, 0.4) is 0 Å². The topological polar surface area (TPSA) is 74.7 Å². The highest BCUT2D eigenvalue weighted by Crippen LogP contribution is 2.20. The van der Waals surface area contributed by atoms with Crippen LogP contribution in [0.5, 0.6) is 0 Å². The van der Waals surface area contributed by atoms with Gasteiger partial charge in [-0.3, -0.25) is 4.79 Å². The molecule has 1 heterocycles. The van der Waals surface area contributed by atoms with Crippen LogP contribution in [-0.2, 0) is 10.8 Å². The highest BCUT2D eigenvalue weighted by Gasteiger charge is 2.29. The molecular weight excluding hydrogens is 230 g/mol. The number of benzene rings is 1. The fourth-order valence-electron chi connectivity index (χ4n) is 1.49. The van der Waals surface area contributed by atoms with Crippen LogP contribution in [-0.4, -0.2) is 32.8 Å². The summed E-state index contributed by atoms with van der Waals surface area (Å²) in [4.78, 5) is 23.5. The maximum atomic E-state index is 11.4. The molecule has 1 saturated heterocycles. The number of nitrogens with zero attached hydrogens (tertiary/aromatic N) is 1. The maximum absolute atomic E-state index is 11.4. The molecule has 0 spiro atoms. The molecule has 5 nitrogen and oxygen atoms in total. The number of carboxylic acid groups (broad SMARTS) is 1. The van der Waals surface area contributed by atoms with Crippen LogP contribution >= 0.6 is 0 Å². The first-order valence-corrected chi connectivity index (χ1v) is 5.95. The van der Waals surface area contributed by atoms with Gasteiger partial charge in [-0.05, 0) is 24.3 Å². The lowest BCUT2D eigenvalue weighted by molar-refractivity contribution is 0.0697. The van der Waals surface area contributed by atoms with Crippen LogP contribution in [0, 0.1) is 0 Å². The van der Waals surface area contributed by atoms with E-state index in [9.17, 15) is 13.8 Å². The minimum Gasteiger partial charge on any atom is -0.478 e. The highest BCUT2D eigenvalue weighted by atomic mass is 32.2. The Balaban J connectivity index is 2.26. The Morgan fingerprint density at radius 1 is 1.31 bits per heavy atom. The van der Waals surface area contributed by atoms with E-state index >= 15 is 0 Å². The molecule has 2 rings (SSSR count). The normalized spacial score (nSPS) is 20.1. The first kappa shape index (κ1) is 10.8. The molecule has 0 aromatic heterocycles. The van der Waals surface area contributed by atoms with Gasteiger partial charge in [0.2, 0.25) is 0 Å². The fraction of sp³-hybridized carbons (Fsp3) is 0.200. The summed E-state index contributed by atoms with van der Waals surface area (Å²) in [6, 6.07) is 5.94. The van der Waals surface area contributed by atoms with E-state index in [1.54, 1.807) is 12.1 Å². The van der Waals surface area contributed by atoms with Crippen LogP contribution in [0.2, 0.25) is 0 Å². The van der Waals surface area contributed by atoms with Gasteiger partial charge in [-0.25, -0.2) is 9.00 Å². The molecular formula is C10H9NO4S. The zero-order valence-corrected chi connectivity index (χ0v) is 9.07. The maximum Gasteiger partial charge on any atom is 0.335 e. The molecule has 6 heteroatoms. The monoisotopic (exact) mass is 239 g/mol. The molecule has 1 amide bonds. The van der Waals surface area contributed by atoms with Gasteiger partial charge in [-0.1, -0.05) is 0 Å². The molecule has 1 aliphatic rings. The molecule has 1 atom stereocenters. The molecule has 1 fully saturated rings. The van der Waals surface area contributed by atoms with E-state index in [0.29, 0.717) is 18.0 Å². The summed E-state index contributed by atoms with van der Waals surface area (Å²) in [5.74, 6) is -0.678. The lowest BCUT2D eigenvalue weighted by Crippen LogP contribution is -2.23. The van der Waals surface area contributed by atoms with E-state index in [0.717, 1.165) is 0 Å². The van der Waals surface area contributed by atoms with Crippen LogP contribution < -0.4 is 4.90 Å². The van der Waals surface area contributed by atoms with E-state index in [2.05, 4.69) is 0 Å². The van der Waals surface area contributed by atoms with Gasteiger partial charge in [0.05, 0.1) is 11.3 Å². The number of aromatic carboxylic acids is 1. The Morgan fingerprint density at radius 3 is 2.38 bits per heavy atom. The van der Waals surface area contributed by atoms with Crippen molar-refractivity contribution in [3.05, 3.63) is 29.8 Å². The SMILES string of the molecule is O=C(O)c1ccc(N2CCS(=O)C2=O)cc1. The van der Waals surface area contributed by atoms with E-state index in [-0.39, 0.29) is 5.56 Å². The van der Waals surface area contributed by atoms with Gasteiger partial charge in [-0.2, -0.15) is 0 Å². The summed E-state index contributed by atoms with van der Waals surface area (Å²) < 4.78 is 11.2. The number of rotatable bonds is 2. The first-order valence-electron chi connectivity index (χ1n) is 4.63. The lowest BCUT2D eigenvalue weighted by atomic mass is 10.2. The minimum absolute atomic E-state index is 0.163. The van der Waals surface area contributed by atoms with Gasteiger partial charge >= 0.3 is 11.2 Å². The molecule has 1 N–H and O–H groups in total. The molecule has 1 aliphatic heterocycles. The molecule has 0 saturated carbocycles. The van der Waals surface area contributed by atoms with Crippen molar-refractivity contribution in [1.82, 2.24) is 0 Å². The van der Waals surface area contributed by atoms with Crippen molar-refractivity contribution in [3.63, 3.8) is 0 Å². The van der Waals surface area contributed by atoms with Crippen LogP contribution in [0.4, 0.5) is 10.5 Å². The number of anilines is 1. The summed E-state index contributed by atoms with van der Waals surface area (Å²) in [6.45, 7) is 0.415. The third-order valence-electron chi connectivity index (χ3n) is 2.34. The van der Waals surface area contributed by atoms with Crippen molar-refractivity contribution in [2.75, 3.05) is 17.2 Å². The molecule has 1 aromatic rings. The summed E-state index contributed by atoms with van der Waals surface area (Å²) in [5.41, 5.74) is 0.748. The summed E-state index contributed by atoms with van der Waals surface area (Å²) in [6.07, 6.45) is 0. The third kappa shape index (κ3) is 1.83. The average molecular weight is 239 g/mol. The zero-order valence-electron chi connectivity index (χ0n) is 8.25. The molecule has 1 aromatic carbocycles. The van der Waals surface area contributed by atoms with Gasteiger partial charge in [0.15, 0.2) is 0 Å². The van der Waals surface area contributed by atoms with Crippen molar-refractivity contribution in [2.24, 2.45) is 0 Å². The van der Waals surface area contributed by atoms with Crippen LogP contribution in [0.1, 0.15) is 10.4 Å². The number of hydrogen-bond donors (Lipinski definition) is 1. The van der Waals surface area contributed by atoms with Gasteiger partial charge in [0.1, 0.15) is 10.8 Å². The summed E-state index contributed by atoms with van der Waals surface area (Å²) >= 11 is 0. The zero-order chi connectivity index (χ0) is 11.7. The van der Waals surface area contributed by atoms with E-state index in [1.165, 1.54) is 17.0 Å². The smallest absolute Gasteiger partial charge is 0.335 e. The Labute approximate surface area is 94.1 Å². The molecule has 1 unspecified atom stereocenters. The van der Waals surface area contributed by atoms with Crippen molar-refractivity contribution >= 4 is 27.7 Å². The molecule has 0 aliphatic carbocycles. The fourth-order valence-corrected chi connectivity index (χ4v) is 2.46. The predicted octanol–water partition coefficient (Wildman–Crippen LogP) is 1.07. The summed E-state index contributed by atoms with van der Waals surface area (Å²) in [5, 5.41) is 8.29. The lowest BCUT2D eigenvalue weighted by Gasteiger charge is -2.13. The number of carboxylic acids is 1. The minimum atomic E-state index is -1.44. The Morgan fingerprint density at radius 2 is 1.94 bits per heavy atom. The molecule has 0 radical (unpaired) electrons. The van der Waals surface area contributed by atoms with Crippen LogP contribution in [0.25, 0.3) is 0 Å². The number of hydrogen-bond acceptors (Lipinski definition) is 3. The molecule has 84 valence electrons. The van der Waals surface area contributed by atoms with Crippen LogP contribution in [0.15, 0.2) is 24.3 Å². The van der Waals surface area contributed by atoms with Crippen molar-refractivity contribution in [1.29, 1.82) is 0 Å². The van der Waals surface area contributed by atoms with Crippen molar-refractivity contribution in [2.45, 2.75) is 0 Å². The summed E-state index contributed by atoms with van der Waals surface area (Å²) in [7, 11) is -1.44. The number of amides is 1. The Bertz CT molecular complexity index is 468. The second kappa shape index (κ2) is 4.05. The highest BCUT2D eigenvalue weighted by molar-refractivity contribution is 8.01. The van der Waals surface area contributed by atoms with Gasteiger partial charge < -0.3 is 10.0 Å². The van der Waals surface area contributed by atoms with Gasteiger partial charge in [0.25, 0.3) is 0 Å². The van der Waals surface area contributed by atoms with E-state index in [1.807, 2.05) is 0 Å². The van der Waals surface area contributed by atoms with Crippen molar-refractivity contribution < 1.29 is 18.9 Å². The average Bonchev–Trinajstić information content (AvgIpc) is 2.60. The van der Waals surface area contributed by atoms with Gasteiger partial charge in [-0.15, -0.1) is 0 Å². The standard InChI is InChI=1S/C10H9NO4S/c12-9(13)7-1-3-8(4-2-7)11-5-6-16(15)10(11)14/h1-4H,5-6H2,(H,12,13). The Kier molecular flexibility index (Phi) is 2.74. The Hall–Kier alpha value is -1.69. The number of carbonyl (C=O) groups is 2. The first-order chi connectivity index (χ1) is 7.59. The largest absolute Gasteiger partial charge is 0.478 e. The predicted molar refractivity (Wildman–Crippen MR) is 59.2 cm³/mol. The van der Waals surface area contributed by atoms with Gasteiger partial charge in [0, 0.05) is 12.2 Å². The second-order valence-electron chi connectivity index (χ2n) is 3.32. The third-order valence-corrected chi connectivity index (χ3v) is 3.50. The quantitative estimate of drug-likeness (QED) is 0.837. The van der Waals surface area contributed by atoms with Crippen molar-refractivity contribution in [3.8, 4) is 0 Å². The second-order valence-corrected chi connectivity index (χ2v) is 4.77. The molecule has 0 bridgehead atoms. The number of carbonyl (C=O) groups excluding carboxylic acids is 1.